The van der Waals surface area contributed by atoms with E-state index in [1.54, 1.807) is 17.4 Å². The number of rotatable bonds is 7. The molecule has 2 amide bonds. The number of nitrogens with zero attached hydrogens (tertiary/aromatic N) is 1. The summed E-state index contributed by atoms with van der Waals surface area (Å²) in [5.74, 6) is -0.110. The molecule has 0 spiro atoms. The lowest BCUT2D eigenvalue weighted by Gasteiger charge is -2.21. The Morgan fingerprint density at radius 3 is 3.03 bits per heavy atom. The topological polar surface area (TPSA) is 111 Å². The van der Waals surface area contributed by atoms with Crippen LogP contribution in [0.1, 0.15) is 28.0 Å². The molecule has 2 heterocycles. The van der Waals surface area contributed by atoms with Crippen molar-refractivity contribution in [1.82, 2.24) is 5.32 Å². The first-order valence-corrected chi connectivity index (χ1v) is 10.9. The molecule has 7 nitrogen and oxygen atoms in total. The maximum absolute atomic E-state index is 12.2. The van der Waals surface area contributed by atoms with Gasteiger partial charge in [-0.2, -0.15) is 16.6 Å². The molecular weight excluding hydrogens is 410 g/mol. The van der Waals surface area contributed by atoms with Gasteiger partial charge < -0.3 is 20.5 Å². The summed E-state index contributed by atoms with van der Waals surface area (Å²) in [4.78, 5) is 24.8. The third-order valence-electron chi connectivity index (χ3n) is 4.52. The number of alkyl carbamates (subject to hydrolysis) is 1. The Morgan fingerprint density at radius 1 is 1.45 bits per heavy atom. The number of carbonyl (C=O) groups excluding carboxylic acids is 2. The van der Waals surface area contributed by atoms with E-state index in [4.69, 9.17) is 9.84 Å². The second-order valence-corrected chi connectivity index (χ2v) is 8.44. The van der Waals surface area contributed by atoms with Crippen molar-refractivity contribution in [3.63, 3.8) is 0 Å². The minimum Gasteiger partial charge on any atom is -0.449 e. The van der Waals surface area contributed by atoms with Crippen LogP contribution in [-0.2, 0) is 22.4 Å². The van der Waals surface area contributed by atoms with Gasteiger partial charge in [0.2, 0.25) is 5.91 Å². The van der Waals surface area contributed by atoms with Crippen molar-refractivity contribution in [2.24, 2.45) is 5.92 Å². The van der Waals surface area contributed by atoms with Gasteiger partial charge in [0.05, 0.1) is 18.8 Å². The van der Waals surface area contributed by atoms with Gasteiger partial charge in [0.1, 0.15) is 11.1 Å². The van der Waals surface area contributed by atoms with E-state index in [1.165, 1.54) is 17.4 Å². The Hall–Kier alpha value is -2.67. The quantitative estimate of drug-likeness (QED) is 0.583. The fourth-order valence-electron chi connectivity index (χ4n) is 3.10. The maximum atomic E-state index is 12.2. The Labute approximate surface area is 176 Å². The number of amides is 2. The highest BCUT2D eigenvalue weighted by Crippen LogP contribution is 2.39. The first kappa shape index (κ1) is 21.0. The van der Waals surface area contributed by atoms with Crippen LogP contribution in [0.3, 0.4) is 0 Å². The molecule has 0 saturated carbocycles. The highest BCUT2D eigenvalue weighted by atomic mass is 32.1. The van der Waals surface area contributed by atoms with Crippen LogP contribution in [0.5, 0.6) is 0 Å². The monoisotopic (exact) mass is 431 g/mol. The molecule has 3 N–H and O–H groups in total. The number of anilines is 1. The Bertz CT molecular complexity index is 928. The molecule has 152 valence electrons. The summed E-state index contributed by atoms with van der Waals surface area (Å²) in [5.41, 5.74) is 2.47. The summed E-state index contributed by atoms with van der Waals surface area (Å²) >= 11 is 2.97. The smallest absolute Gasteiger partial charge is 0.407 e. The number of ether oxygens (including phenoxy) is 1. The molecule has 0 aliphatic heterocycles. The van der Waals surface area contributed by atoms with E-state index < -0.39 is 6.09 Å². The van der Waals surface area contributed by atoms with E-state index in [9.17, 15) is 14.9 Å². The van der Waals surface area contributed by atoms with Crippen molar-refractivity contribution in [3.8, 4) is 6.07 Å². The van der Waals surface area contributed by atoms with E-state index in [1.807, 2.05) is 16.8 Å². The standard InChI is InChI=1S/C20H21N3O4S2/c21-10-16-15-3-1-14(11-27-20(26)22-6-7-24)9-17(15)29-19(16)23-18(25)4-2-13-5-8-28-12-13/h2,4-5,8,12,14,24H,1,3,6-7,9,11H2,(H,22,26)(H,23,25)/b4-2+. The minimum absolute atomic E-state index is 0.134. The van der Waals surface area contributed by atoms with E-state index >= 15 is 0 Å². The Kier molecular flexibility index (Phi) is 7.41. The second kappa shape index (κ2) is 10.2. The zero-order valence-electron chi connectivity index (χ0n) is 15.6. The summed E-state index contributed by atoms with van der Waals surface area (Å²) in [6.07, 6.45) is 4.87. The number of thiophene rings is 2. The number of hydrogen-bond acceptors (Lipinski definition) is 7. The minimum atomic E-state index is -0.542. The fraction of sp³-hybridized carbons (Fsp3) is 0.350. The average Bonchev–Trinajstić information content (AvgIpc) is 3.35. The molecule has 2 aromatic rings. The van der Waals surface area contributed by atoms with Crippen LogP contribution in [-0.4, -0.2) is 36.9 Å². The van der Waals surface area contributed by atoms with Gasteiger partial charge in [-0.3, -0.25) is 4.79 Å². The molecule has 0 fully saturated rings. The number of fused-ring (bicyclic) bond motifs is 1. The molecule has 9 heteroatoms. The number of nitriles is 1. The van der Waals surface area contributed by atoms with E-state index in [-0.39, 0.29) is 31.6 Å². The van der Waals surface area contributed by atoms with Crippen LogP contribution < -0.4 is 10.6 Å². The highest BCUT2D eigenvalue weighted by molar-refractivity contribution is 7.16. The van der Waals surface area contributed by atoms with Crippen molar-refractivity contribution in [1.29, 1.82) is 5.26 Å². The van der Waals surface area contributed by atoms with Gasteiger partial charge in [0, 0.05) is 17.5 Å². The van der Waals surface area contributed by atoms with Gasteiger partial charge in [-0.15, -0.1) is 11.3 Å². The van der Waals surface area contributed by atoms with Crippen LogP contribution in [0.4, 0.5) is 9.80 Å². The van der Waals surface area contributed by atoms with E-state index in [0.717, 1.165) is 22.4 Å². The Balaban J connectivity index is 1.61. The third kappa shape index (κ3) is 5.67. The molecule has 2 aromatic heterocycles. The number of carbonyl (C=O) groups is 2. The molecule has 0 radical (unpaired) electrons. The van der Waals surface area contributed by atoms with Crippen molar-refractivity contribution in [3.05, 3.63) is 44.5 Å². The van der Waals surface area contributed by atoms with Gasteiger partial charge in [0.15, 0.2) is 0 Å². The normalized spacial score (nSPS) is 15.5. The summed E-state index contributed by atoms with van der Waals surface area (Å²) < 4.78 is 5.19. The molecule has 29 heavy (non-hydrogen) atoms. The average molecular weight is 432 g/mol. The van der Waals surface area contributed by atoms with Gasteiger partial charge >= 0.3 is 6.09 Å². The molecule has 1 aliphatic rings. The van der Waals surface area contributed by atoms with Gasteiger partial charge in [-0.25, -0.2) is 4.79 Å². The molecule has 0 bridgehead atoms. The lowest BCUT2D eigenvalue weighted by molar-refractivity contribution is -0.111. The number of nitrogens with one attached hydrogen (secondary N) is 2. The molecule has 1 unspecified atom stereocenters. The summed E-state index contributed by atoms with van der Waals surface area (Å²) in [7, 11) is 0. The molecule has 1 atom stereocenters. The first-order chi connectivity index (χ1) is 14.1. The van der Waals surface area contributed by atoms with Gasteiger partial charge in [-0.05, 0) is 59.2 Å². The van der Waals surface area contributed by atoms with Crippen LogP contribution >= 0.6 is 22.7 Å². The van der Waals surface area contributed by atoms with Crippen molar-refractivity contribution in [2.75, 3.05) is 25.1 Å². The zero-order valence-corrected chi connectivity index (χ0v) is 17.3. The van der Waals surface area contributed by atoms with Gasteiger partial charge in [0.25, 0.3) is 0 Å². The van der Waals surface area contributed by atoms with Crippen LogP contribution in [0.15, 0.2) is 22.9 Å². The van der Waals surface area contributed by atoms with Crippen LogP contribution in [0.2, 0.25) is 0 Å². The van der Waals surface area contributed by atoms with Crippen LogP contribution in [0.25, 0.3) is 6.08 Å². The molecule has 3 rings (SSSR count). The summed E-state index contributed by atoms with van der Waals surface area (Å²) in [6, 6.07) is 4.14. The predicted octanol–water partition coefficient (Wildman–Crippen LogP) is 3.16. The van der Waals surface area contributed by atoms with E-state index in [0.29, 0.717) is 23.4 Å². The number of aliphatic hydroxyl groups is 1. The van der Waals surface area contributed by atoms with Crippen molar-refractivity contribution < 1.29 is 19.4 Å². The fourth-order valence-corrected chi connectivity index (χ4v) is 5.04. The SMILES string of the molecule is N#Cc1c(NC(=O)/C=C/c2ccsc2)sc2c1CCC(COC(=O)NCCO)C2. The Morgan fingerprint density at radius 2 is 2.31 bits per heavy atom. The molecule has 0 saturated heterocycles. The van der Waals surface area contributed by atoms with Crippen molar-refractivity contribution in [2.45, 2.75) is 19.3 Å². The predicted molar refractivity (Wildman–Crippen MR) is 113 cm³/mol. The molecule has 1 aliphatic carbocycles. The van der Waals surface area contributed by atoms with Crippen LogP contribution in [0, 0.1) is 17.2 Å². The lowest BCUT2D eigenvalue weighted by Crippen LogP contribution is -2.29. The molecular formula is C20H21N3O4S2. The summed E-state index contributed by atoms with van der Waals surface area (Å²) in [5, 5.41) is 28.0. The molecule has 0 aromatic carbocycles. The second-order valence-electron chi connectivity index (χ2n) is 6.56. The largest absolute Gasteiger partial charge is 0.449 e. The van der Waals surface area contributed by atoms with Crippen molar-refractivity contribution >= 4 is 45.8 Å². The summed E-state index contributed by atoms with van der Waals surface area (Å²) in [6.45, 7) is 0.306. The number of hydrogen-bond donors (Lipinski definition) is 3. The number of aliphatic hydroxyl groups excluding tert-OH is 1. The zero-order chi connectivity index (χ0) is 20.6. The third-order valence-corrected chi connectivity index (χ3v) is 6.39. The highest BCUT2D eigenvalue weighted by Gasteiger charge is 2.27. The van der Waals surface area contributed by atoms with Gasteiger partial charge in [-0.1, -0.05) is 0 Å². The first-order valence-electron chi connectivity index (χ1n) is 9.18. The maximum Gasteiger partial charge on any atom is 0.407 e. The van der Waals surface area contributed by atoms with E-state index in [2.05, 4.69) is 16.7 Å². The lowest BCUT2D eigenvalue weighted by atomic mass is 9.88.